The Morgan fingerprint density at radius 2 is 1.65 bits per heavy atom. The Morgan fingerprint density at radius 1 is 1.00 bits per heavy atom. The second-order valence-electron chi connectivity index (χ2n) is 5.25. The number of carbonyl (C=O) groups is 1. The molecule has 0 bridgehead atoms. The zero-order valence-electron chi connectivity index (χ0n) is 10.5. The normalized spacial score (nSPS) is 22.8. The van der Waals surface area contributed by atoms with E-state index in [-0.39, 0.29) is 12.5 Å². The van der Waals surface area contributed by atoms with Crippen molar-refractivity contribution < 1.29 is 9.63 Å². The molecule has 2 saturated carbocycles. The molecule has 1 amide bonds. The van der Waals surface area contributed by atoms with Crippen molar-refractivity contribution in [1.29, 1.82) is 0 Å². The van der Waals surface area contributed by atoms with Gasteiger partial charge in [-0.2, -0.15) is 5.48 Å². The van der Waals surface area contributed by atoms with Crippen LogP contribution in [0, 0.1) is 0 Å². The molecule has 0 unspecified atom stereocenters. The van der Waals surface area contributed by atoms with Crippen molar-refractivity contribution in [3.63, 3.8) is 0 Å². The maximum atomic E-state index is 11.6. The van der Waals surface area contributed by atoms with Crippen molar-refractivity contribution in [3.05, 3.63) is 0 Å². The van der Waals surface area contributed by atoms with Gasteiger partial charge in [-0.1, -0.05) is 32.1 Å². The van der Waals surface area contributed by atoms with Gasteiger partial charge in [-0.25, -0.2) is 0 Å². The highest BCUT2D eigenvalue weighted by atomic mass is 16.7. The minimum absolute atomic E-state index is 0.0647. The monoisotopic (exact) mass is 240 g/mol. The molecule has 0 aliphatic heterocycles. The minimum atomic E-state index is 0.0647. The van der Waals surface area contributed by atoms with Gasteiger partial charge in [-0.05, 0) is 25.7 Å². The summed E-state index contributed by atoms with van der Waals surface area (Å²) in [6, 6.07) is 0.393. The quantitative estimate of drug-likeness (QED) is 0.722. The number of amides is 1. The molecule has 2 fully saturated rings. The van der Waals surface area contributed by atoms with Crippen LogP contribution >= 0.6 is 0 Å². The third-order valence-corrected chi connectivity index (χ3v) is 3.76. The van der Waals surface area contributed by atoms with Gasteiger partial charge in [0.2, 0.25) is 5.91 Å². The highest BCUT2D eigenvalue weighted by Gasteiger charge is 2.17. The molecule has 0 spiro atoms. The van der Waals surface area contributed by atoms with Crippen molar-refractivity contribution >= 4 is 5.91 Å². The minimum Gasteiger partial charge on any atom is -0.352 e. The van der Waals surface area contributed by atoms with E-state index in [4.69, 9.17) is 4.84 Å². The van der Waals surface area contributed by atoms with Gasteiger partial charge in [0.1, 0.15) is 0 Å². The molecule has 98 valence electrons. The predicted octanol–water partition coefficient (Wildman–Crippen LogP) is 1.90. The Bertz CT molecular complexity index is 234. The Labute approximate surface area is 103 Å². The molecule has 17 heavy (non-hydrogen) atoms. The van der Waals surface area contributed by atoms with Crippen LogP contribution in [-0.2, 0) is 9.63 Å². The SMILES string of the molecule is O=C(CNOC1CCCC1)NC1CCCCC1. The van der Waals surface area contributed by atoms with E-state index in [0.29, 0.717) is 12.1 Å². The van der Waals surface area contributed by atoms with E-state index in [1.165, 1.54) is 32.1 Å². The van der Waals surface area contributed by atoms with Crippen molar-refractivity contribution in [1.82, 2.24) is 10.8 Å². The van der Waals surface area contributed by atoms with Crippen LogP contribution in [0.25, 0.3) is 0 Å². The zero-order chi connectivity index (χ0) is 11.9. The van der Waals surface area contributed by atoms with Gasteiger partial charge in [-0.15, -0.1) is 0 Å². The standard InChI is InChI=1S/C13H24N2O2/c16-13(15-11-6-2-1-3-7-11)10-14-17-12-8-4-5-9-12/h11-12,14H,1-10H2,(H,15,16). The number of hydroxylamine groups is 1. The molecule has 4 heteroatoms. The number of carbonyl (C=O) groups excluding carboxylic acids is 1. The predicted molar refractivity (Wildman–Crippen MR) is 66.4 cm³/mol. The number of rotatable bonds is 5. The summed E-state index contributed by atoms with van der Waals surface area (Å²) in [6.07, 6.45) is 11.1. The first-order valence-electron chi connectivity index (χ1n) is 7.02. The lowest BCUT2D eigenvalue weighted by atomic mass is 9.95. The topological polar surface area (TPSA) is 50.4 Å². The molecule has 2 aliphatic carbocycles. The summed E-state index contributed by atoms with van der Waals surface area (Å²) in [5, 5.41) is 3.06. The van der Waals surface area contributed by atoms with E-state index in [0.717, 1.165) is 25.7 Å². The Hall–Kier alpha value is -0.610. The molecule has 0 heterocycles. The lowest BCUT2D eigenvalue weighted by Crippen LogP contribution is -2.41. The molecule has 0 saturated heterocycles. The molecule has 0 aromatic rings. The van der Waals surface area contributed by atoms with Crippen LogP contribution in [0.4, 0.5) is 0 Å². The van der Waals surface area contributed by atoms with Gasteiger partial charge < -0.3 is 5.32 Å². The smallest absolute Gasteiger partial charge is 0.236 e. The number of nitrogens with one attached hydrogen (secondary N) is 2. The molecular formula is C13H24N2O2. The van der Waals surface area contributed by atoms with Crippen molar-refractivity contribution in [2.24, 2.45) is 0 Å². The summed E-state index contributed by atoms with van der Waals surface area (Å²) >= 11 is 0. The van der Waals surface area contributed by atoms with Crippen molar-refractivity contribution in [2.75, 3.05) is 6.54 Å². The van der Waals surface area contributed by atoms with Gasteiger partial charge in [0.25, 0.3) is 0 Å². The van der Waals surface area contributed by atoms with Crippen molar-refractivity contribution in [3.8, 4) is 0 Å². The number of hydrogen-bond donors (Lipinski definition) is 2. The van der Waals surface area contributed by atoms with Crippen LogP contribution in [0.15, 0.2) is 0 Å². The van der Waals surface area contributed by atoms with E-state index < -0.39 is 0 Å². The molecule has 2 N–H and O–H groups in total. The Balaban J connectivity index is 1.53. The highest BCUT2D eigenvalue weighted by molar-refractivity contribution is 5.78. The summed E-state index contributed by atoms with van der Waals surface area (Å²) in [6.45, 7) is 0.285. The second-order valence-corrected chi connectivity index (χ2v) is 5.25. The van der Waals surface area contributed by atoms with E-state index in [1.807, 2.05) is 0 Å². The molecular weight excluding hydrogens is 216 g/mol. The average Bonchev–Trinajstić information content (AvgIpc) is 2.83. The lowest BCUT2D eigenvalue weighted by molar-refractivity contribution is -0.125. The summed E-state index contributed by atoms with van der Waals surface area (Å²) in [5.41, 5.74) is 2.80. The van der Waals surface area contributed by atoms with Gasteiger partial charge in [0, 0.05) is 6.04 Å². The highest BCUT2D eigenvalue weighted by Crippen LogP contribution is 2.19. The fraction of sp³-hybridized carbons (Fsp3) is 0.923. The molecule has 4 nitrogen and oxygen atoms in total. The Kier molecular flexibility index (Phi) is 5.26. The van der Waals surface area contributed by atoms with Crippen LogP contribution in [0.5, 0.6) is 0 Å². The first kappa shape index (κ1) is 12.8. The van der Waals surface area contributed by atoms with Crippen LogP contribution < -0.4 is 10.8 Å². The van der Waals surface area contributed by atoms with E-state index in [9.17, 15) is 4.79 Å². The van der Waals surface area contributed by atoms with Crippen LogP contribution in [0.2, 0.25) is 0 Å². The first-order chi connectivity index (χ1) is 8.34. The molecule has 0 radical (unpaired) electrons. The molecule has 2 rings (SSSR count). The Morgan fingerprint density at radius 3 is 2.35 bits per heavy atom. The third-order valence-electron chi connectivity index (χ3n) is 3.76. The average molecular weight is 240 g/mol. The molecule has 2 aliphatic rings. The van der Waals surface area contributed by atoms with Gasteiger partial charge in [0.05, 0.1) is 12.6 Å². The van der Waals surface area contributed by atoms with E-state index in [1.54, 1.807) is 0 Å². The molecule has 0 aromatic carbocycles. The van der Waals surface area contributed by atoms with E-state index >= 15 is 0 Å². The van der Waals surface area contributed by atoms with Crippen LogP contribution in [0.1, 0.15) is 57.8 Å². The summed E-state index contributed by atoms with van der Waals surface area (Å²) in [7, 11) is 0. The third kappa shape index (κ3) is 4.64. The summed E-state index contributed by atoms with van der Waals surface area (Å²) < 4.78 is 0. The van der Waals surface area contributed by atoms with Gasteiger partial charge >= 0.3 is 0 Å². The first-order valence-corrected chi connectivity index (χ1v) is 7.02. The summed E-state index contributed by atoms with van der Waals surface area (Å²) in [4.78, 5) is 17.1. The number of hydrogen-bond acceptors (Lipinski definition) is 3. The maximum absolute atomic E-state index is 11.6. The fourth-order valence-corrected chi connectivity index (χ4v) is 2.76. The van der Waals surface area contributed by atoms with Gasteiger partial charge in [0.15, 0.2) is 0 Å². The summed E-state index contributed by atoms with van der Waals surface area (Å²) in [5.74, 6) is 0.0647. The largest absolute Gasteiger partial charge is 0.352 e. The fourth-order valence-electron chi connectivity index (χ4n) is 2.76. The zero-order valence-corrected chi connectivity index (χ0v) is 10.5. The maximum Gasteiger partial charge on any atom is 0.236 e. The molecule has 0 atom stereocenters. The lowest BCUT2D eigenvalue weighted by Gasteiger charge is -2.23. The second kappa shape index (κ2) is 6.97. The van der Waals surface area contributed by atoms with Crippen LogP contribution in [0.3, 0.4) is 0 Å². The van der Waals surface area contributed by atoms with Crippen LogP contribution in [-0.4, -0.2) is 24.6 Å². The molecule has 0 aromatic heterocycles. The van der Waals surface area contributed by atoms with Crippen molar-refractivity contribution in [2.45, 2.75) is 69.9 Å². The van der Waals surface area contributed by atoms with E-state index in [2.05, 4.69) is 10.8 Å². The van der Waals surface area contributed by atoms with Gasteiger partial charge in [-0.3, -0.25) is 9.63 Å².